The van der Waals surface area contributed by atoms with Crippen molar-refractivity contribution in [3.8, 4) is 0 Å². The molecule has 174 valence electrons. The van der Waals surface area contributed by atoms with E-state index in [1.54, 1.807) is 24.3 Å². The maximum Gasteiger partial charge on any atom is 0.336 e. The van der Waals surface area contributed by atoms with Crippen LogP contribution < -0.4 is 10.6 Å². The highest BCUT2D eigenvalue weighted by atomic mass is 32.2. The van der Waals surface area contributed by atoms with E-state index in [2.05, 4.69) is 10.6 Å². The zero-order valence-electron chi connectivity index (χ0n) is 18.4. The van der Waals surface area contributed by atoms with Crippen LogP contribution in [0.5, 0.6) is 0 Å². The quantitative estimate of drug-likeness (QED) is 0.345. The molecule has 4 N–H and O–H groups in total. The average Bonchev–Trinajstić information content (AvgIpc) is 2.80. The third-order valence-electron chi connectivity index (χ3n) is 4.88. The van der Waals surface area contributed by atoms with Gasteiger partial charge in [-0.25, -0.2) is 9.59 Å². The highest BCUT2D eigenvalue weighted by Crippen LogP contribution is 2.23. The van der Waals surface area contributed by atoms with Crippen molar-refractivity contribution in [3.05, 3.63) is 88.5 Å². The number of nitrogens with one attached hydrogen (secondary N) is 2. The van der Waals surface area contributed by atoms with E-state index in [0.29, 0.717) is 5.69 Å². The average molecular weight is 479 g/mol. The van der Waals surface area contributed by atoms with Gasteiger partial charge >= 0.3 is 11.9 Å². The smallest absolute Gasteiger partial charge is 0.336 e. The van der Waals surface area contributed by atoms with Gasteiger partial charge in [-0.15, -0.1) is 11.8 Å². The Hall–Kier alpha value is -4.11. The molecule has 0 saturated heterocycles. The molecule has 8 nitrogen and oxygen atoms in total. The minimum atomic E-state index is -1.40. The normalized spacial score (nSPS) is 10.4. The van der Waals surface area contributed by atoms with Gasteiger partial charge in [-0.2, -0.15) is 0 Å². The van der Waals surface area contributed by atoms with Crippen molar-refractivity contribution in [2.75, 3.05) is 16.4 Å². The van der Waals surface area contributed by atoms with Crippen LogP contribution in [-0.4, -0.2) is 39.7 Å². The van der Waals surface area contributed by atoms with Crippen LogP contribution in [0.25, 0.3) is 0 Å². The van der Waals surface area contributed by atoms with Gasteiger partial charge in [-0.1, -0.05) is 17.7 Å². The Kier molecular flexibility index (Phi) is 7.70. The van der Waals surface area contributed by atoms with Gasteiger partial charge in [0.15, 0.2) is 0 Å². The summed E-state index contributed by atoms with van der Waals surface area (Å²) in [5.41, 5.74) is 2.52. The van der Waals surface area contributed by atoms with Gasteiger partial charge in [0.2, 0.25) is 5.91 Å². The highest BCUT2D eigenvalue weighted by Gasteiger charge is 2.19. The molecule has 0 bridgehead atoms. The first kappa shape index (κ1) is 24.5. The molecule has 2 amide bonds. The van der Waals surface area contributed by atoms with Crippen molar-refractivity contribution in [2.45, 2.75) is 18.7 Å². The molecule has 0 atom stereocenters. The molecule has 0 unspecified atom stereocenters. The number of carbonyl (C=O) groups is 4. The molecule has 0 radical (unpaired) electrons. The Morgan fingerprint density at radius 1 is 0.794 bits per heavy atom. The van der Waals surface area contributed by atoms with Crippen LogP contribution in [0.3, 0.4) is 0 Å². The minimum absolute atomic E-state index is 0.139. The number of carboxylic acids is 2. The Bertz CT molecular complexity index is 1270. The first-order valence-corrected chi connectivity index (χ1v) is 11.1. The van der Waals surface area contributed by atoms with Crippen LogP contribution in [0.2, 0.25) is 0 Å². The fourth-order valence-corrected chi connectivity index (χ4v) is 3.87. The molecular formula is C25H22N2O6S. The number of hydrogen-bond acceptors (Lipinski definition) is 5. The lowest BCUT2D eigenvalue weighted by atomic mass is 10.0. The largest absolute Gasteiger partial charge is 0.478 e. The molecule has 0 aromatic heterocycles. The number of amides is 2. The van der Waals surface area contributed by atoms with E-state index in [4.69, 9.17) is 5.11 Å². The minimum Gasteiger partial charge on any atom is -0.478 e. The molecule has 3 aromatic carbocycles. The zero-order chi connectivity index (χ0) is 24.8. The molecule has 0 aliphatic rings. The third-order valence-corrected chi connectivity index (χ3v) is 5.89. The summed E-state index contributed by atoms with van der Waals surface area (Å²) in [5.74, 6) is -3.30. The summed E-state index contributed by atoms with van der Waals surface area (Å²) in [4.78, 5) is 48.2. The number of hydrogen-bond donors (Lipinski definition) is 4. The fourth-order valence-electron chi connectivity index (χ4n) is 3.17. The Morgan fingerprint density at radius 2 is 1.50 bits per heavy atom. The van der Waals surface area contributed by atoms with E-state index in [1.807, 2.05) is 32.0 Å². The number of aryl methyl sites for hydroxylation is 2. The lowest BCUT2D eigenvalue weighted by Gasteiger charge is -2.10. The maximum atomic E-state index is 12.6. The van der Waals surface area contributed by atoms with E-state index in [-0.39, 0.29) is 22.8 Å². The first-order chi connectivity index (χ1) is 16.1. The number of carbonyl (C=O) groups excluding carboxylic acids is 2. The van der Waals surface area contributed by atoms with Crippen LogP contribution in [0.1, 0.15) is 42.2 Å². The lowest BCUT2D eigenvalue weighted by Crippen LogP contribution is -2.17. The van der Waals surface area contributed by atoms with Gasteiger partial charge in [-0.05, 0) is 67.9 Å². The monoisotopic (exact) mass is 478 g/mol. The summed E-state index contributed by atoms with van der Waals surface area (Å²) in [6.07, 6.45) is 0. The molecule has 0 aliphatic carbocycles. The Balaban J connectivity index is 1.60. The van der Waals surface area contributed by atoms with Gasteiger partial charge in [0.05, 0.1) is 22.4 Å². The van der Waals surface area contributed by atoms with Crippen molar-refractivity contribution in [3.63, 3.8) is 0 Å². The van der Waals surface area contributed by atoms with E-state index in [0.717, 1.165) is 27.8 Å². The van der Waals surface area contributed by atoms with Crippen molar-refractivity contribution in [2.24, 2.45) is 0 Å². The number of thioether (sulfide) groups is 1. The second-order valence-electron chi connectivity index (χ2n) is 7.50. The van der Waals surface area contributed by atoms with E-state index >= 15 is 0 Å². The second kappa shape index (κ2) is 10.7. The molecule has 3 aromatic rings. The number of aromatic carboxylic acids is 2. The van der Waals surface area contributed by atoms with Crippen molar-refractivity contribution < 1.29 is 29.4 Å². The van der Waals surface area contributed by atoms with Gasteiger partial charge < -0.3 is 20.8 Å². The summed E-state index contributed by atoms with van der Waals surface area (Å²) < 4.78 is 0. The molecule has 0 aliphatic heterocycles. The van der Waals surface area contributed by atoms with Gasteiger partial charge in [0.1, 0.15) is 0 Å². The molecule has 34 heavy (non-hydrogen) atoms. The SMILES string of the molecule is Cc1ccc(NC(=O)CSc2ccc(NC(=O)c3ccc(C(=O)O)cc3C(=O)O)cc2)c(C)c1. The van der Waals surface area contributed by atoms with Crippen LogP contribution in [0, 0.1) is 13.8 Å². The lowest BCUT2D eigenvalue weighted by molar-refractivity contribution is -0.113. The molecule has 0 heterocycles. The number of carboxylic acid groups (broad SMARTS) is 2. The van der Waals surface area contributed by atoms with Gasteiger partial charge in [0.25, 0.3) is 5.91 Å². The predicted octanol–water partition coefficient (Wildman–Crippen LogP) is 4.68. The molecular weight excluding hydrogens is 456 g/mol. The van der Waals surface area contributed by atoms with Crippen LogP contribution in [0.4, 0.5) is 11.4 Å². The van der Waals surface area contributed by atoms with Crippen molar-refractivity contribution >= 4 is 46.9 Å². The van der Waals surface area contributed by atoms with Crippen LogP contribution >= 0.6 is 11.8 Å². The number of benzene rings is 3. The first-order valence-electron chi connectivity index (χ1n) is 10.2. The number of rotatable bonds is 8. The van der Waals surface area contributed by atoms with Crippen LogP contribution in [0.15, 0.2) is 65.6 Å². The third kappa shape index (κ3) is 6.23. The standard InChI is InChI=1S/C25H22N2O6S/c1-14-3-10-21(15(2)11-14)27-22(28)13-34-18-7-5-17(6-8-18)26-23(29)19-9-4-16(24(30)31)12-20(19)25(32)33/h3-12H,13H2,1-2H3,(H,26,29)(H,27,28)(H,30,31)(H,32,33). The van der Waals surface area contributed by atoms with Gasteiger partial charge in [0, 0.05) is 16.3 Å². The second-order valence-corrected chi connectivity index (χ2v) is 8.55. The van der Waals surface area contributed by atoms with Crippen molar-refractivity contribution in [1.82, 2.24) is 0 Å². The summed E-state index contributed by atoms with van der Waals surface area (Å²) in [6.45, 7) is 3.92. The summed E-state index contributed by atoms with van der Waals surface area (Å²) in [7, 11) is 0. The molecule has 9 heteroatoms. The summed E-state index contributed by atoms with van der Waals surface area (Å²) in [6, 6.07) is 15.8. The Morgan fingerprint density at radius 3 is 2.12 bits per heavy atom. The number of anilines is 2. The van der Waals surface area contributed by atoms with E-state index < -0.39 is 23.4 Å². The van der Waals surface area contributed by atoms with Gasteiger partial charge in [-0.3, -0.25) is 9.59 Å². The Labute approximate surface area is 200 Å². The molecule has 0 fully saturated rings. The van der Waals surface area contributed by atoms with E-state index in [9.17, 15) is 24.3 Å². The van der Waals surface area contributed by atoms with Crippen molar-refractivity contribution in [1.29, 1.82) is 0 Å². The molecule has 0 saturated carbocycles. The molecule has 0 spiro atoms. The van der Waals surface area contributed by atoms with E-state index in [1.165, 1.54) is 23.9 Å². The van der Waals surface area contributed by atoms with Crippen LogP contribution in [-0.2, 0) is 4.79 Å². The molecule has 3 rings (SSSR count). The summed E-state index contributed by atoms with van der Waals surface area (Å²) >= 11 is 1.33. The highest BCUT2D eigenvalue weighted by molar-refractivity contribution is 8.00. The maximum absolute atomic E-state index is 12.6. The zero-order valence-corrected chi connectivity index (χ0v) is 19.2. The topological polar surface area (TPSA) is 133 Å². The summed E-state index contributed by atoms with van der Waals surface area (Å²) in [5, 5.41) is 23.9. The predicted molar refractivity (Wildman–Crippen MR) is 130 cm³/mol. The fraction of sp³-hybridized carbons (Fsp3) is 0.120.